The van der Waals surface area contributed by atoms with Gasteiger partial charge in [0, 0.05) is 18.4 Å². The standard InChI is InChI=1S/C25H35N3O4/c1-16(2)11-22-25(32)27-20(15-29)13-21-19(14-26-24(21)31)10-6-9-18(23(30)28-22)12-17-7-4-3-5-8-17/h3-5,7-8,15-16,18-22H,6,9-14H2,1-2H3,(H,26,31)(H,27,32)(H,28,30)/t18-,19+,20+,21-,22+/m1/s1. The molecule has 5 atom stereocenters. The predicted molar refractivity (Wildman–Crippen MR) is 121 cm³/mol. The molecule has 2 saturated heterocycles. The Morgan fingerprint density at radius 2 is 1.75 bits per heavy atom. The fourth-order valence-electron chi connectivity index (χ4n) is 4.87. The number of rotatable bonds is 5. The van der Waals surface area contributed by atoms with Crippen LogP contribution >= 0.6 is 0 Å². The normalized spacial score (nSPS) is 29.6. The molecular formula is C25H35N3O4. The van der Waals surface area contributed by atoms with Crippen LogP contribution in [0.15, 0.2) is 30.3 Å². The summed E-state index contributed by atoms with van der Waals surface area (Å²) in [7, 11) is 0. The molecule has 7 heteroatoms. The van der Waals surface area contributed by atoms with Gasteiger partial charge in [-0.05, 0) is 49.5 Å². The Balaban J connectivity index is 1.85. The second-order valence-corrected chi connectivity index (χ2v) is 9.61. The molecule has 2 fully saturated rings. The first-order chi connectivity index (χ1) is 15.4. The highest BCUT2D eigenvalue weighted by Gasteiger charge is 2.37. The Hall–Kier alpha value is -2.70. The molecule has 174 valence electrons. The molecule has 2 aliphatic heterocycles. The molecule has 0 radical (unpaired) electrons. The van der Waals surface area contributed by atoms with Crippen molar-refractivity contribution in [2.45, 2.75) is 64.5 Å². The predicted octanol–water partition coefficient (Wildman–Crippen LogP) is 2.00. The fraction of sp³-hybridized carbons (Fsp3) is 0.600. The molecule has 0 aromatic heterocycles. The highest BCUT2D eigenvalue weighted by molar-refractivity contribution is 5.90. The first-order valence-electron chi connectivity index (χ1n) is 11.7. The molecule has 1 aromatic carbocycles. The van der Waals surface area contributed by atoms with Crippen LogP contribution in [0, 0.1) is 23.7 Å². The average Bonchev–Trinajstić information content (AvgIpc) is 3.11. The zero-order chi connectivity index (χ0) is 23.1. The Morgan fingerprint density at radius 1 is 1.00 bits per heavy atom. The van der Waals surface area contributed by atoms with E-state index in [4.69, 9.17) is 0 Å². The van der Waals surface area contributed by atoms with E-state index < -0.39 is 12.1 Å². The Morgan fingerprint density at radius 3 is 2.44 bits per heavy atom. The number of nitrogens with one attached hydrogen (secondary N) is 3. The lowest BCUT2D eigenvalue weighted by atomic mass is 9.84. The van der Waals surface area contributed by atoms with Crippen molar-refractivity contribution in [1.82, 2.24) is 16.0 Å². The summed E-state index contributed by atoms with van der Waals surface area (Å²) in [6.45, 7) is 4.56. The molecule has 0 unspecified atom stereocenters. The van der Waals surface area contributed by atoms with Crippen molar-refractivity contribution in [3.63, 3.8) is 0 Å². The quantitative estimate of drug-likeness (QED) is 0.608. The highest BCUT2D eigenvalue weighted by Crippen LogP contribution is 2.29. The molecular weight excluding hydrogens is 406 g/mol. The van der Waals surface area contributed by atoms with Gasteiger partial charge >= 0.3 is 0 Å². The SMILES string of the molecule is CC(C)C[C@@H]1NC(=O)[C@@H](Cc2ccccc2)CCC[C@H]2CNC(=O)[C@@H]2C[C@@H](C=O)NC1=O. The molecule has 3 amide bonds. The Bertz CT molecular complexity index is 811. The zero-order valence-corrected chi connectivity index (χ0v) is 19.0. The lowest BCUT2D eigenvalue weighted by Gasteiger charge is -2.25. The van der Waals surface area contributed by atoms with Crippen molar-refractivity contribution < 1.29 is 19.2 Å². The van der Waals surface area contributed by atoms with E-state index in [0.29, 0.717) is 38.5 Å². The third-order valence-electron chi connectivity index (χ3n) is 6.61. The number of benzene rings is 1. The van der Waals surface area contributed by atoms with Crippen molar-refractivity contribution in [2.24, 2.45) is 23.7 Å². The molecule has 0 spiro atoms. The minimum absolute atomic E-state index is 0.0558. The van der Waals surface area contributed by atoms with E-state index in [1.54, 1.807) is 0 Å². The number of fused-ring (bicyclic) bond motifs is 1. The minimum Gasteiger partial charge on any atom is -0.356 e. The number of carbonyl (C=O) groups is 4. The molecule has 0 aliphatic carbocycles. The first kappa shape index (κ1) is 24.0. The van der Waals surface area contributed by atoms with Crippen LogP contribution in [-0.4, -0.2) is 42.6 Å². The zero-order valence-electron chi connectivity index (χ0n) is 19.0. The van der Waals surface area contributed by atoms with Crippen molar-refractivity contribution in [3.05, 3.63) is 35.9 Å². The number of carbonyl (C=O) groups excluding carboxylic acids is 4. The van der Waals surface area contributed by atoms with Crippen molar-refractivity contribution >= 4 is 24.0 Å². The van der Waals surface area contributed by atoms with Gasteiger partial charge in [-0.1, -0.05) is 50.6 Å². The third-order valence-corrected chi connectivity index (χ3v) is 6.61. The summed E-state index contributed by atoms with van der Waals surface area (Å²) in [5, 5.41) is 8.65. The van der Waals surface area contributed by atoms with E-state index in [0.717, 1.165) is 18.4 Å². The topological polar surface area (TPSA) is 104 Å². The summed E-state index contributed by atoms with van der Waals surface area (Å²) < 4.78 is 0. The molecule has 2 heterocycles. The van der Waals surface area contributed by atoms with Gasteiger partial charge in [-0.25, -0.2) is 0 Å². The van der Waals surface area contributed by atoms with Crippen LogP contribution in [0.3, 0.4) is 0 Å². The van der Waals surface area contributed by atoms with Gasteiger partial charge < -0.3 is 20.7 Å². The van der Waals surface area contributed by atoms with E-state index in [9.17, 15) is 19.2 Å². The van der Waals surface area contributed by atoms with Crippen LogP contribution in [0.1, 0.15) is 51.5 Å². The van der Waals surface area contributed by atoms with Crippen LogP contribution in [0.4, 0.5) is 0 Å². The number of aldehydes is 1. The summed E-state index contributed by atoms with van der Waals surface area (Å²) in [4.78, 5) is 50.4. The van der Waals surface area contributed by atoms with Crippen LogP contribution < -0.4 is 16.0 Å². The second kappa shape index (κ2) is 11.2. The van der Waals surface area contributed by atoms with Gasteiger partial charge in [-0.2, -0.15) is 0 Å². The molecule has 2 aliphatic rings. The van der Waals surface area contributed by atoms with Gasteiger partial charge in [0.15, 0.2) is 0 Å². The van der Waals surface area contributed by atoms with Crippen molar-refractivity contribution in [3.8, 4) is 0 Å². The third kappa shape index (κ3) is 6.40. The van der Waals surface area contributed by atoms with Gasteiger partial charge in [0.2, 0.25) is 17.7 Å². The summed E-state index contributed by atoms with van der Waals surface area (Å²) in [5.41, 5.74) is 1.08. The summed E-state index contributed by atoms with van der Waals surface area (Å²) >= 11 is 0. The van der Waals surface area contributed by atoms with E-state index in [-0.39, 0.29) is 41.4 Å². The fourth-order valence-corrected chi connectivity index (χ4v) is 4.87. The number of hydrogen-bond acceptors (Lipinski definition) is 4. The largest absolute Gasteiger partial charge is 0.356 e. The smallest absolute Gasteiger partial charge is 0.243 e. The van der Waals surface area contributed by atoms with E-state index in [2.05, 4.69) is 16.0 Å². The van der Waals surface area contributed by atoms with Crippen LogP contribution in [-0.2, 0) is 25.6 Å². The van der Waals surface area contributed by atoms with Crippen LogP contribution in [0.2, 0.25) is 0 Å². The van der Waals surface area contributed by atoms with Gasteiger partial charge in [-0.15, -0.1) is 0 Å². The van der Waals surface area contributed by atoms with Crippen LogP contribution in [0.5, 0.6) is 0 Å². The average molecular weight is 442 g/mol. The summed E-state index contributed by atoms with van der Waals surface area (Å²) in [5.74, 6) is -0.814. The Labute approximate surface area is 190 Å². The lowest BCUT2D eigenvalue weighted by Crippen LogP contribution is -2.52. The van der Waals surface area contributed by atoms with Crippen molar-refractivity contribution in [1.29, 1.82) is 0 Å². The molecule has 3 N–H and O–H groups in total. The summed E-state index contributed by atoms with van der Waals surface area (Å²) in [6, 6.07) is 8.44. The molecule has 0 saturated carbocycles. The van der Waals surface area contributed by atoms with Crippen molar-refractivity contribution in [2.75, 3.05) is 6.54 Å². The maximum absolute atomic E-state index is 13.3. The minimum atomic E-state index is -0.744. The van der Waals surface area contributed by atoms with E-state index >= 15 is 0 Å². The van der Waals surface area contributed by atoms with Crippen LogP contribution in [0.25, 0.3) is 0 Å². The van der Waals surface area contributed by atoms with E-state index in [1.165, 1.54) is 0 Å². The Kier molecular flexibility index (Phi) is 8.42. The summed E-state index contributed by atoms with van der Waals surface area (Å²) in [6.07, 6.45) is 4.37. The second-order valence-electron chi connectivity index (χ2n) is 9.61. The first-order valence-corrected chi connectivity index (χ1v) is 11.7. The molecule has 7 nitrogen and oxygen atoms in total. The van der Waals surface area contributed by atoms with E-state index in [1.807, 2.05) is 44.2 Å². The number of amides is 3. The lowest BCUT2D eigenvalue weighted by molar-refractivity contribution is -0.132. The highest BCUT2D eigenvalue weighted by atomic mass is 16.2. The molecule has 1 aromatic rings. The van der Waals surface area contributed by atoms with Gasteiger partial charge in [-0.3, -0.25) is 14.4 Å². The maximum atomic E-state index is 13.3. The molecule has 0 bridgehead atoms. The molecule has 32 heavy (non-hydrogen) atoms. The van der Waals surface area contributed by atoms with Gasteiger partial charge in [0.1, 0.15) is 12.3 Å². The molecule has 3 rings (SSSR count). The number of hydrogen-bond donors (Lipinski definition) is 3. The van der Waals surface area contributed by atoms with Gasteiger partial charge in [0.05, 0.1) is 6.04 Å². The maximum Gasteiger partial charge on any atom is 0.243 e. The monoisotopic (exact) mass is 441 g/mol. The van der Waals surface area contributed by atoms with Gasteiger partial charge in [0.25, 0.3) is 0 Å².